The third-order valence-corrected chi connectivity index (χ3v) is 3.69. The molecule has 0 saturated heterocycles. The van der Waals surface area contributed by atoms with Gasteiger partial charge >= 0.3 is 0 Å². The molecule has 4 nitrogen and oxygen atoms in total. The quantitative estimate of drug-likeness (QED) is 0.711. The van der Waals surface area contributed by atoms with Crippen molar-refractivity contribution in [2.75, 3.05) is 5.32 Å². The van der Waals surface area contributed by atoms with E-state index >= 15 is 0 Å². The van der Waals surface area contributed by atoms with Crippen molar-refractivity contribution in [2.24, 2.45) is 0 Å². The van der Waals surface area contributed by atoms with Crippen LogP contribution in [0.3, 0.4) is 0 Å². The molecule has 2 aromatic carbocycles. The van der Waals surface area contributed by atoms with E-state index in [1.54, 1.807) is 18.2 Å². The van der Waals surface area contributed by atoms with Crippen molar-refractivity contribution in [3.05, 3.63) is 58.6 Å². The third kappa shape index (κ3) is 2.33. The lowest BCUT2D eigenvalue weighted by atomic mass is 10.3. The second-order valence-electron chi connectivity index (χ2n) is 4.11. The van der Waals surface area contributed by atoms with Gasteiger partial charge in [0.2, 0.25) is 0 Å². The molecule has 0 aliphatic carbocycles. The smallest absolute Gasteiger partial charge is 0.281 e. The summed E-state index contributed by atoms with van der Waals surface area (Å²) in [5.74, 6) is -0.598. The van der Waals surface area contributed by atoms with Crippen LogP contribution in [-0.4, -0.2) is 10.1 Å². The van der Waals surface area contributed by atoms with Gasteiger partial charge in [0.25, 0.3) is 5.56 Å². The molecule has 0 saturated carbocycles. The first-order valence-electron chi connectivity index (χ1n) is 5.79. The Hall–Kier alpha value is -2.47. The number of aromatic hydroxyl groups is 1. The molecule has 6 heteroatoms. The number of aromatic nitrogens is 1. The molecule has 0 atom stereocenters. The highest BCUT2D eigenvalue weighted by Gasteiger charge is 2.07. The number of hydrogen-bond donors (Lipinski definition) is 2. The molecule has 1 aromatic heterocycles. The van der Waals surface area contributed by atoms with Crippen LogP contribution in [0.4, 0.5) is 15.2 Å². The molecule has 0 bridgehead atoms. The van der Waals surface area contributed by atoms with E-state index in [9.17, 15) is 14.3 Å². The fourth-order valence-corrected chi connectivity index (χ4v) is 2.70. The van der Waals surface area contributed by atoms with Crippen molar-refractivity contribution >= 4 is 32.2 Å². The molecule has 100 valence electrons. The maximum Gasteiger partial charge on any atom is 0.281 e. The molecule has 0 amide bonds. The highest BCUT2D eigenvalue weighted by molar-refractivity contribution is 7.21. The van der Waals surface area contributed by atoms with Gasteiger partial charge in [-0.3, -0.25) is 4.79 Å². The van der Waals surface area contributed by atoms with Crippen LogP contribution in [0.15, 0.2) is 47.3 Å². The maximum absolute atomic E-state index is 13.2. The number of nitrogens with one attached hydrogen (secondary N) is 1. The number of halogens is 1. The first-order valence-corrected chi connectivity index (χ1v) is 6.60. The average Bonchev–Trinajstić information content (AvgIpc) is 2.43. The van der Waals surface area contributed by atoms with Crippen LogP contribution >= 0.6 is 11.3 Å². The summed E-state index contributed by atoms with van der Waals surface area (Å²) in [6.45, 7) is 0. The Kier molecular flexibility index (Phi) is 3.08. The Morgan fingerprint density at radius 2 is 2.00 bits per heavy atom. The molecule has 0 spiro atoms. The molecule has 0 radical (unpaired) electrons. The molecular weight excluding hydrogens is 279 g/mol. The molecule has 0 aliphatic rings. The van der Waals surface area contributed by atoms with Crippen LogP contribution in [0.25, 0.3) is 10.1 Å². The van der Waals surface area contributed by atoms with E-state index in [0.29, 0.717) is 10.5 Å². The number of hydrogen-bond acceptors (Lipinski definition) is 5. The molecule has 0 fully saturated rings. The Balaban J connectivity index is 2.07. The number of phenols is 1. The summed E-state index contributed by atoms with van der Waals surface area (Å²) in [6.07, 6.45) is 0. The predicted octanol–water partition coefficient (Wildman–Crippen LogP) is 3.24. The van der Waals surface area contributed by atoms with E-state index in [-0.39, 0.29) is 17.0 Å². The van der Waals surface area contributed by atoms with Crippen molar-refractivity contribution in [1.82, 2.24) is 4.98 Å². The van der Waals surface area contributed by atoms with Gasteiger partial charge in [0.15, 0.2) is 5.13 Å². The Morgan fingerprint density at radius 1 is 1.20 bits per heavy atom. The van der Waals surface area contributed by atoms with Crippen molar-refractivity contribution in [3.8, 4) is 5.75 Å². The zero-order chi connectivity index (χ0) is 14.1. The van der Waals surface area contributed by atoms with E-state index in [2.05, 4.69) is 10.3 Å². The normalized spacial score (nSPS) is 10.7. The zero-order valence-electron chi connectivity index (χ0n) is 10.1. The third-order valence-electron chi connectivity index (χ3n) is 2.73. The molecule has 20 heavy (non-hydrogen) atoms. The van der Waals surface area contributed by atoms with Crippen LogP contribution in [-0.2, 0) is 0 Å². The van der Waals surface area contributed by atoms with Gasteiger partial charge in [-0.2, -0.15) is 4.98 Å². The second kappa shape index (κ2) is 4.90. The minimum Gasteiger partial charge on any atom is -0.506 e. The summed E-state index contributed by atoms with van der Waals surface area (Å²) < 4.78 is 13.9. The zero-order valence-corrected chi connectivity index (χ0v) is 10.9. The molecule has 0 unspecified atom stereocenters. The van der Waals surface area contributed by atoms with Crippen LogP contribution in [0.5, 0.6) is 5.75 Å². The molecule has 3 aromatic rings. The van der Waals surface area contributed by atoms with Gasteiger partial charge in [-0.15, -0.1) is 0 Å². The standard InChI is InChI=1S/C14H9FN2O2S/c15-8-5-6-11(18)10(7-8)16-14-17-13(19)9-3-1-2-4-12(9)20-14/h1-7,18H,(H,16,17,19). The van der Waals surface area contributed by atoms with Gasteiger partial charge in [-0.05, 0) is 24.3 Å². The van der Waals surface area contributed by atoms with E-state index < -0.39 is 5.82 Å². The van der Waals surface area contributed by atoms with Gasteiger partial charge in [-0.1, -0.05) is 23.5 Å². The fraction of sp³-hybridized carbons (Fsp3) is 0. The van der Waals surface area contributed by atoms with Crippen molar-refractivity contribution in [2.45, 2.75) is 0 Å². The van der Waals surface area contributed by atoms with Crippen LogP contribution in [0.2, 0.25) is 0 Å². The van der Waals surface area contributed by atoms with Crippen molar-refractivity contribution in [3.63, 3.8) is 0 Å². The minimum atomic E-state index is -0.488. The first kappa shape index (κ1) is 12.6. The van der Waals surface area contributed by atoms with Crippen LogP contribution in [0.1, 0.15) is 0 Å². The monoisotopic (exact) mass is 288 g/mol. The first-order chi connectivity index (χ1) is 9.63. The number of nitrogens with zero attached hydrogens (tertiary/aromatic N) is 1. The number of fused-ring (bicyclic) bond motifs is 1. The molecule has 1 heterocycles. The number of anilines is 2. The van der Waals surface area contributed by atoms with E-state index in [1.165, 1.54) is 17.4 Å². The molecule has 3 rings (SSSR count). The maximum atomic E-state index is 13.2. The number of benzene rings is 2. The van der Waals surface area contributed by atoms with Gasteiger partial charge in [0.1, 0.15) is 11.6 Å². The highest BCUT2D eigenvalue weighted by Crippen LogP contribution is 2.29. The lowest BCUT2D eigenvalue weighted by molar-refractivity contribution is 0.475. The van der Waals surface area contributed by atoms with E-state index in [0.717, 1.165) is 16.8 Å². The average molecular weight is 288 g/mol. The minimum absolute atomic E-state index is 0.110. The predicted molar refractivity (Wildman–Crippen MR) is 77.2 cm³/mol. The second-order valence-corrected chi connectivity index (χ2v) is 5.14. The molecule has 2 N–H and O–H groups in total. The summed E-state index contributed by atoms with van der Waals surface area (Å²) in [7, 11) is 0. The van der Waals surface area contributed by atoms with Crippen molar-refractivity contribution in [1.29, 1.82) is 0 Å². The topological polar surface area (TPSA) is 62.2 Å². The Labute approximate surface area is 117 Å². The molecule has 0 aliphatic heterocycles. The summed E-state index contributed by atoms with van der Waals surface area (Å²) in [4.78, 5) is 15.7. The van der Waals surface area contributed by atoms with Crippen LogP contribution in [0, 0.1) is 5.82 Å². The highest BCUT2D eigenvalue weighted by atomic mass is 32.1. The van der Waals surface area contributed by atoms with Gasteiger partial charge in [-0.25, -0.2) is 4.39 Å². The van der Waals surface area contributed by atoms with Gasteiger partial charge in [0.05, 0.1) is 11.1 Å². The molecular formula is C14H9FN2O2S. The van der Waals surface area contributed by atoms with E-state index in [1.807, 2.05) is 6.07 Å². The number of rotatable bonds is 2. The lowest BCUT2D eigenvalue weighted by Crippen LogP contribution is -2.07. The SMILES string of the molecule is O=c1nc(Nc2cc(F)ccc2O)sc2ccccc12. The number of phenolic OH excluding ortho intramolecular Hbond substituents is 1. The van der Waals surface area contributed by atoms with Gasteiger partial charge in [0, 0.05) is 10.8 Å². The Bertz CT molecular complexity index is 848. The van der Waals surface area contributed by atoms with Crippen LogP contribution < -0.4 is 10.9 Å². The summed E-state index contributed by atoms with van der Waals surface area (Å²) >= 11 is 1.25. The lowest BCUT2D eigenvalue weighted by Gasteiger charge is -2.07. The largest absolute Gasteiger partial charge is 0.506 e. The summed E-state index contributed by atoms with van der Waals surface area (Å²) in [5.41, 5.74) is -0.193. The summed E-state index contributed by atoms with van der Waals surface area (Å²) in [6, 6.07) is 10.6. The summed E-state index contributed by atoms with van der Waals surface area (Å²) in [5, 5.41) is 13.2. The van der Waals surface area contributed by atoms with Gasteiger partial charge < -0.3 is 10.4 Å². The Morgan fingerprint density at radius 3 is 2.85 bits per heavy atom. The fourth-order valence-electron chi connectivity index (χ4n) is 1.79. The van der Waals surface area contributed by atoms with Crippen molar-refractivity contribution < 1.29 is 9.50 Å². The van der Waals surface area contributed by atoms with E-state index in [4.69, 9.17) is 0 Å².